The zero-order chi connectivity index (χ0) is 37.3. The smallest absolute Gasteiger partial charge is 0.164 e. The lowest BCUT2D eigenvalue weighted by molar-refractivity contribution is 1.07. The van der Waals surface area contributed by atoms with E-state index in [1.807, 2.05) is 72.9 Å². The Bertz CT molecular complexity index is 2940. The molecule has 0 fully saturated rings. The quantitative estimate of drug-likeness (QED) is 0.164. The van der Waals surface area contributed by atoms with Gasteiger partial charge in [-0.2, -0.15) is 0 Å². The highest BCUT2D eigenvalue weighted by molar-refractivity contribution is 5.91. The zero-order valence-corrected chi connectivity index (χ0v) is 30.3. The molecule has 5 heteroatoms. The summed E-state index contributed by atoms with van der Waals surface area (Å²) in [5, 5.41) is 3.50. The Morgan fingerprint density at radius 1 is 0.286 bits per heavy atom. The van der Waals surface area contributed by atoms with E-state index in [4.69, 9.17) is 24.9 Å². The molecule has 0 aliphatic rings. The average Bonchev–Trinajstić information content (AvgIpc) is 3.29. The minimum atomic E-state index is 0.642. The molecule has 0 radical (unpaired) electrons. The Balaban J connectivity index is 0.904. The number of nitrogens with zero attached hydrogens (tertiary/aromatic N) is 5. The summed E-state index contributed by atoms with van der Waals surface area (Å²) in [6.07, 6.45) is 1.85. The molecule has 0 N–H and O–H groups in total. The van der Waals surface area contributed by atoms with Crippen LogP contribution in [-0.4, -0.2) is 24.9 Å². The van der Waals surface area contributed by atoms with E-state index in [2.05, 4.69) is 127 Å². The SMILES string of the molecule is c1ccc(-c2nc(-c3ccccc3)nc(-c3ccc(-c4ccc(-c5ccc6nc(-c7cccnc7-c7ccc8ccccc8c7)ccc6c5)cc4)cc3)n2)cc1. The molecule has 0 aliphatic heterocycles. The van der Waals surface area contributed by atoms with Gasteiger partial charge in [0.2, 0.25) is 0 Å². The van der Waals surface area contributed by atoms with Gasteiger partial charge >= 0.3 is 0 Å². The second-order valence-corrected chi connectivity index (χ2v) is 13.8. The molecule has 0 unspecified atom stereocenters. The summed E-state index contributed by atoms with van der Waals surface area (Å²) in [7, 11) is 0. The summed E-state index contributed by atoms with van der Waals surface area (Å²) < 4.78 is 0. The Morgan fingerprint density at radius 2 is 0.768 bits per heavy atom. The average molecular weight is 716 g/mol. The maximum Gasteiger partial charge on any atom is 0.164 e. The van der Waals surface area contributed by atoms with Crippen LogP contribution in [0.3, 0.4) is 0 Å². The number of benzene rings is 7. The van der Waals surface area contributed by atoms with E-state index in [0.29, 0.717) is 17.5 Å². The van der Waals surface area contributed by atoms with Crippen molar-refractivity contribution in [1.29, 1.82) is 0 Å². The molecule has 7 aromatic carbocycles. The van der Waals surface area contributed by atoms with Gasteiger partial charge in [-0.3, -0.25) is 4.98 Å². The molecule has 10 rings (SSSR count). The van der Waals surface area contributed by atoms with Crippen LogP contribution in [-0.2, 0) is 0 Å². The van der Waals surface area contributed by atoms with E-state index in [1.165, 1.54) is 10.8 Å². The largest absolute Gasteiger partial charge is 0.256 e. The Hall–Kier alpha value is -7.63. The summed E-state index contributed by atoms with van der Waals surface area (Å²) in [5.74, 6) is 1.94. The van der Waals surface area contributed by atoms with Gasteiger partial charge in [0.25, 0.3) is 0 Å². The van der Waals surface area contributed by atoms with E-state index < -0.39 is 0 Å². The van der Waals surface area contributed by atoms with E-state index in [0.717, 1.165) is 72.4 Å². The first-order valence-electron chi connectivity index (χ1n) is 18.7. The molecule has 262 valence electrons. The Labute approximate surface area is 324 Å². The fourth-order valence-corrected chi connectivity index (χ4v) is 7.24. The molecule has 0 saturated heterocycles. The van der Waals surface area contributed by atoms with Crippen LogP contribution >= 0.6 is 0 Å². The van der Waals surface area contributed by atoms with E-state index in [-0.39, 0.29) is 0 Å². The van der Waals surface area contributed by atoms with Crippen LogP contribution < -0.4 is 0 Å². The summed E-state index contributed by atoms with van der Waals surface area (Å²) in [6, 6.07) is 67.0. The summed E-state index contributed by atoms with van der Waals surface area (Å²) >= 11 is 0. The minimum absolute atomic E-state index is 0.642. The van der Waals surface area contributed by atoms with Crippen molar-refractivity contribution in [2.75, 3.05) is 0 Å². The van der Waals surface area contributed by atoms with Crippen molar-refractivity contribution in [3.63, 3.8) is 0 Å². The van der Waals surface area contributed by atoms with E-state index in [1.54, 1.807) is 0 Å². The highest BCUT2D eigenvalue weighted by Crippen LogP contribution is 2.34. The molecular formula is C51H33N5. The maximum atomic E-state index is 5.10. The van der Waals surface area contributed by atoms with Gasteiger partial charge in [-0.25, -0.2) is 19.9 Å². The summed E-state index contributed by atoms with van der Waals surface area (Å²) in [5.41, 5.74) is 12.3. The topological polar surface area (TPSA) is 64.5 Å². The monoisotopic (exact) mass is 715 g/mol. The Morgan fingerprint density at radius 3 is 1.41 bits per heavy atom. The van der Waals surface area contributed by atoms with Gasteiger partial charge in [-0.1, -0.05) is 158 Å². The van der Waals surface area contributed by atoms with Crippen LogP contribution in [0.4, 0.5) is 0 Å². The van der Waals surface area contributed by atoms with Crippen LogP contribution in [0, 0.1) is 0 Å². The molecule has 3 aromatic heterocycles. The molecule has 56 heavy (non-hydrogen) atoms. The first-order chi connectivity index (χ1) is 27.7. The summed E-state index contributed by atoms with van der Waals surface area (Å²) in [6.45, 7) is 0. The van der Waals surface area contributed by atoms with E-state index >= 15 is 0 Å². The van der Waals surface area contributed by atoms with Crippen LogP contribution in [0.5, 0.6) is 0 Å². The maximum absolute atomic E-state index is 5.10. The zero-order valence-electron chi connectivity index (χ0n) is 30.3. The van der Waals surface area contributed by atoms with E-state index in [9.17, 15) is 0 Å². The third-order valence-corrected chi connectivity index (χ3v) is 10.2. The molecule has 0 aliphatic carbocycles. The summed E-state index contributed by atoms with van der Waals surface area (Å²) in [4.78, 5) is 24.5. The third-order valence-electron chi connectivity index (χ3n) is 10.2. The van der Waals surface area contributed by atoms with Gasteiger partial charge in [0.05, 0.1) is 16.9 Å². The van der Waals surface area contributed by atoms with Gasteiger partial charge < -0.3 is 0 Å². The predicted octanol–water partition coefficient (Wildman–Crippen LogP) is 12.6. The molecular weight excluding hydrogens is 683 g/mol. The van der Waals surface area contributed by atoms with Gasteiger partial charge in [-0.15, -0.1) is 0 Å². The first kappa shape index (κ1) is 33.0. The molecule has 0 saturated carbocycles. The lowest BCUT2D eigenvalue weighted by atomic mass is 9.98. The van der Waals surface area contributed by atoms with Crippen LogP contribution in [0.25, 0.3) is 101 Å². The number of hydrogen-bond acceptors (Lipinski definition) is 5. The number of pyridine rings is 2. The standard InChI is InChI=1S/C51H33N5/c1-3-11-38(12-4-1)49-54-50(39-13-5-2-6-14-39)56-51(55-49)40-24-21-36(22-25-40)35-17-19-37(20-18-35)42-27-29-46-43(32-42)28-30-47(53-46)45-16-9-31-52-48(45)44-26-23-34-10-7-8-15-41(34)33-44/h1-33H. The second-order valence-electron chi connectivity index (χ2n) is 13.8. The van der Waals surface area contributed by atoms with Crippen LogP contribution in [0.2, 0.25) is 0 Å². The highest BCUT2D eigenvalue weighted by Gasteiger charge is 2.14. The number of aromatic nitrogens is 5. The van der Waals surface area contributed by atoms with Crippen LogP contribution in [0.1, 0.15) is 0 Å². The normalized spacial score (nSPS) is 11.2. The van der Waals surface area contributed by atoms with Crippen molar-refractivity contribution >= 4 is 21.7 Å². The van der Waals surface area contributed by atoms with Crippen molar-refractivity contribution in [2.45, 2.75) is 0 Å². The molecule has 0 atom stereocenters. The molecule has 5 nitrogen and oxygen atoms in total. The van der Waals surface area contributed by atoms with Gasteiger partial charge in [0, 0.05) is 39.4 Å². The van der Waals surface area contributed by atoms with Crippen molar-refractivity contribution in [1.82, 2.24) is 24.9 Å². The van der Waals surface area contributed by atoms with Crippen molar-refractivity contribution in [2.24, 2.45) is 0 Å². The number of rotatable bonds is 7. The van der Waals surface area contributed by atoms with Gasteiger partial charge in [0.1, 0.15) is 0 Å². The fourth-order valence-electron chi connectivity index (χ4n) is 7.24. The Kier molecular flexibility index (Phi) is 8.43. The van der Waals surface area contributed by atoms with Crippen LogP contribution in [0.15, 0.2) is 200 Å². The first-order valence-corrected chi connectivity index (χ1v) is 18.7. The lowest BCUT2D eigenvalue weighted by Gasteiger charge is -2.11. The van der Waals surface area contributed by atoms with Gasteiger partial charge in [0.15, 0.2) is 17.5 Å². The number of hydrogen-bond donors (Lipinski definition) is 0. The molecule has 0 bridgehead atoms. The molecule has 10 aromatic rings. The van der Waals surface area contributed by atoms with Crippen molar-refractivity contribution in [3.8, 4) is 78.9 Å². The fraction of sp³-hybridized carbons (Fsp3) is 0. The minimum Gasteiger partial charge on any atom is -0.256 e. The lowest BCUT2D eigenvalue weighted by Crippen LogP contribution is -2.00. The van der Waals surface area contributed by atoms with Crippen molar-refractivity contribution in [3.05, 3.63) is 200 Å². The predicted molar refractivity (Wildman–Crippen MR) is 228 cm³/mol. The second kappa shape index (κ2) is 14.3. The molecule has 3 heterocycles. The third kappa shape index (κ3) is 6.48. The number of fused-ring (bicyclic) bond motifs is 2. The molecule has 0 spiro atoms. The molecule has 0 amide bonds. The van der Waals surface area contributed by atoms with Crippen molar-refractivity contribution < 1.29 is 0 Å². The highest BCUT2D eigenvalue weighted by atomic mass is 15.0. The van der Waals surface area contributed by atoms with Gasteiger partial charge in [-0.05, 0) is 69.4 Å².